The number of carbonyl (C=O) groups excluding carboxylic acids is 1. The Morgan fingerprint density at radius 3 is 2.82 bits per heavy atom. The van der Waals surface area contributed by atoms with Crippen molar-refractivity contribution in [3.05, 3.63) is 59.8 Å². The molecule has 0 aliphatic rings. The summed E-state index contributed by atoms with van der Waals surface area (Å²) in [5.74, 6) is -0.387. The fourth-order valence-electron chi connectivity index (χ4n) is 1.53. The Bertz CT molecular complexity index is 508. The standard InChI is InChI=1S/C13H12FNO2/c1-9(10-4-2-5-11(14)8-10)15-13(16)12-6-3-7-17-12/h2-9H,1H3,(H,15,16). The molecule has 0 aliphatic heterocycles. The summed E-state index contributed by atoms with van der Waals surface area (Å²) in [6, 6.07) is 9.08. The second-order valence-electron chi connectivity index (χ2n) is 3.73. The first-order valence-electron chi connectivity index (χ1n) is 5.26. The Labute approximate surface area is 98.3 Å². The maximum Gasteiger partial charge on any atom is 0.287 e. The van der Waals surface area contributed by atoms with Gasteiger partial charge in [-0.2, -0.15) is 0 Å². The average molecular weight is 233 g/mol. The topological polar surface area (TPSA) is 42.2 Å². The predicted octanol–water partition coefficient (Wildman–Crippen LogP) is 2.91. The molecular formula is C13H12FNO2. The molecule has 4 heteroatoms. The third-order valence-corrected chi connectivity index (χ3v) is 2.44. The molecule has 0 bridgehead atoms. The van der Waals surface area contributed by atoms with Gasteiger partial charge in [0.2, 0.25) is 0 Å². The minimum absolute atomic E-state index is 0.244. The molecule has 1 unspecified atom stereocenters. The van der Waals surface area contributed by atoms with E-state index < -0.39 is 0 Å². The van der Waals surface area contributed by atoms with Gasteiger partial charge < -0.3 is 9.73 Å². The van der Waals surface area contributed by atoms with Crippen LogP contribution in [0.25, 0.3) is 0 Å². The van der Waals surface area contributed by atoms with Gasteiger partial charge in [-0.3, -0.25) is 4.79 Å². The Balaban J connectivity index is 2.07. The van der Waals surface area contributed by atoms with Crippen LogP contribution in [0.3, 0.4) is 0 Å². The van der Waals surface area contributed by atoms with Crippen LogP contribution in [-0.2, 0) is 0 Å². The summed E-state index contributed by atoms with van der Waals surface area (Å²) in [5.41, 5.74) is 0.713. The zero-order valence-electron chi connectivity index (χ0n) is 9.31. The van der Waals surface area contributed by atoms with Crippen LogP contribution in [0.1, 0.15) is 29.1 Å². The molecule has 1 atom stereocenters. The highest BCUT2D eigenvalue weighted by Gasteiger charge is 2.13. The Morgan fingerprint density at radius 2 is 2.18 bits per heavy atom. The van der Waals surface area contributed by atoms with E-state index in [1.807, 2.05) is 0 Å². The first-order chi connectivity index (χ1) is 8.16. The quantitative estimate of drug-likeness (QED) is 0.885. The van der Waals surface area contributed by atoms with E-state index in [1.165, 1.54) is 18.4 Å². The Kier molecular flexibility index (Phi) is 3.23. The van der Waals surface area contributed by atoms with Crippen molar-refractivity contribution >= 4 is 5.91 Å². The van der Waals surface area contributed by atoms with E-state index in [9.17, 15) is 9.18 Å². The van der Waals surface area contributed by atoms with Gasteiger partial charge in [0.1, 0.15) is 5.82 Å². The molecule has 2 rings (SSSR count). The fraction of sp³-hybridized carbons (Fsp3) is 0.154. The highest BCUT2D eigenvalue weighted by Crippen LogP contribution is 2.14. The highest BCUT2D eigenvalue weighted by atomic mass is 19.1. The number of hydrogen-bond acceptors (Lipinski definition) is 2. The zero-order valence-corrected chi connectivity index (χ0v) is 9.31. The van der Waals surface area contributed by atoms with Crippen molar-refractivity contribution < 1.29 is 13.6 Å². The van der Waals surface area contributed by atoms with Crippen LogP contribution in [0.5, 0.6) is 0 Å². The van der Waals surface area contributed by atoms with E-state index in [0.29, 0.717) is 5.56 Å². The lowest BCUT2D eigenvalue weighted by atomic mass is 10.1. The van der Waals surface area contributed by atoms with Gasteiger partial charge in [-0.25, -0.2) is 4.39 Å². The predicted molar refractivity (Wildman–Crippen MR) is 61.0 cm³/mol. The molecule has 1 amide bonds. The zero-order chi connectivity index (χ0) is 12.3. The van der Waals surface area contributed by atoms with E-state index in [-0.39, 0.29) is 23.5 Å². The van der Waals surface area contributed by atoms with Crippen molar-refractivity contribution in [3.63, 3.8) is 0 Å². The largest absolute Gasteiger partial charge is 0.459 e. The smallest absolute Gasteiger partial charge is 0.287 e. The highest BCUT2D eigenvalue weighted by molar-refractivity contribution is 5.91. The van der Waals surface area contributed by atoms with Crippen molar-refractivity contribution in [2.75, 3.05) is 0 Å². The van der Waals surface area contributed by atoms with Crippen molar-refractivity contribution in [1.29, 1.82) is 0 Å². The van der Waals surface area contributed by atoms with E-state index in [1.54, 1.807) is 31.2 Å². The van der Waals surface area contributed by atoms with E-state index in [0.717, 1.165) is 0 Å². The number of amides is 1. The second kappa shape index (κ2) is 4.82. The summed E-state index contributed by atoms with van der Waals surface area (Å²) >= 11 is 0. The first kappa shape index (κ1) is 11.4. The van der Waals surface area contributed by atoms with Crippen LogP contribution in [0.2, 0.25) is 0 Å². The number of carbonyl (C=O) groups is 1. The van der Waals surface area contributed by atoms with Gasteiger partial charge in [0.05, 0.1) is 12.3 Å². The van der Waals surface area contributed by atoms with Crippen LogP contribution in [0, 0.1) is 5.82 Å². The summed E-state index contributed by atoms with van der Waals surface area (Å²) in [7, 11) is 0. The number of rotatable bonds is 3. The van der Waals surface area contributed by atoms with E-state index in [4.69, 9.17) is 4.42 Å². The molecule has 1 N–H and O–H groups in total. The SMILES string of the molecule is CC(NC(=O)c1ccco1)c1cccc(F)c1. The Morgan fingerprint density at radius 1 is 1.35 bits per heavy atom. The molecule has 2 aromatic rings. The van der Waals surface area contributed by atoms with Gasteiger partial charge in [-0.15, -0.1) is 0 Å². The number of halogens is 1. The van der Waals surface area contributed by atoms with Gasteiger partial charge in [0.15, 0.2) is 5.76 Å². The van der Waals surface area contributed by atoms with Gasteiger partial charge in [-0.1, -0.05) is 12.1 Å². The van der Waals surface area contributed by atoms with Crippen molar-refractivity contribution in [3.8, 4) is 0 Å². The third kappa shape index (κ3) is 2.72. The minimum atomic E-state index is -0.318. The molecule has 3 nitrogen and oxygen atoms in total. The number of furan rings is 1. The van der Waals surface area contributed by atoms with E-state index >= 15 is 0 Å². The lowest BCUT2D eigenvalue weighted by Gasteiger charge is -2.13. The van der Waals surface area contributed by atoms with Gasteiger partial charge in [-0.05, 0) is 36.8 Å². The molecule has 0 fully saturated rings. The lowest BCUT2D eigenvalue weighted by molar-refractivity contribution is 0.0912. The van der Waals surface area contributed by atoms with Gasteiger partial charge in [0.25, 0.3) is 5.91 Å². The summed E-state index contributed by atoms with van der Waals surface area (Å²) in [4.78, 5) is 11.7. The fourth-order valence-corrected chi connectivity index (χ4v) is 1.53. The molecule has 0 aliphatic carbocycles. The normalized spacial score (nSPS) is 12.1. The van der Waals surface area contributed by atoms with Crippen LogP contribution in [0.4, 0.5) is 4.39 Å². The molecule has 1 aromatic carbocycles. The average Bonchev–Trinajstić information content (AvgIpc) is 2.82. The van der Waals surface area contributed by atoms with Crippen LogP contribution in [-0.4, -0.2) is 5.91 Å². The van der Waals surface area contributed by atoms with Crippen LogP contribution < -0.4 is 5.32 Å². The van der Waals surface area contributed by atoms with E-state index in [2.05, 4.69) is 5.32 Å². The summed E-state index contributed by atoms with van der Waals surface area (Å²) in [6.07, 6.45) is 1.43. The van der Waals surface area contributed by atoms with Crippen molar-refractivity contribution in [2.45, 2.75) is 13.0 Å². The van der Waals surface area contributed by atoms with Crippen molar-refractivity contribution in [2.24, 2.45) is 0 Å². The first-order valence-corrected chi connectivity index (χ1v) is 5.26. The monoisotopic (exact) mass is 233 g/mol. The summed E-state index contributed by atoms with van der Waals surface area (Å²) < 4.78 is 18.0. The molecule has 17 heavy (non-hydrogen) atoms. The van der Waals surface area contributed by atoms with Crippen LogP contribution in [0.15, 0.2) is 47.1 Å². The molecule has 1 heterocycles. The molecule has 0 spiro atoms. The molecular weight excluding hydrogens is 221 g/mol. The van der Waals surface area contributed by atoms with Gasteiger partial charge in [0, 0.05) is 0 Å². The maximum atomic E-state index is 13.0. The summed E-state index contributed by atoms with van der Waals surface area (Å²) in [5, 5.41) is 2.73. The van der Waals surface area contributed by atoms with Gasteiger partial charge >= 0.3 is 0 Å². The third-order valence-electron chi connectivity index (χ3n) is 2.44. The minimum Gasteiger partial charge on any atom is -0.459 e. The number of nitrogens with one attached hydrogen (secondary N) is 1. The summed E-state index contributed by atoms with van der Waals surface area (Å²) in [6.45, 7) is 1.79. The Hall–Kier alpha value is -2.10. The maximum absolute atomic E-state index is 13.0. The van der Waals surface area contributed by atoms with Crippen molar-refractivity contribution in [1.82, 2.24) is 5.32 Å². The number of hydrogen-bond donors (Lipinski definition) is 1. The molecule has 88 valence electrons. The molecule has 0 saturated heterocycles. The second-order valence-corrected chi connectivity index (χ2v) is 3.73. The molecule has 1 aromatic heterocycles. The number of benzene rings is 1. The van der Waals surface area contributed by atoms with Crippen LogP contribution >= 0.6 is 0 Å². The molecule has 0 radical (unpaired) electrons. The molecule has 0 saturated carbocycles. The lowest BCUT2D eigenvalue weighted by Crippen LogP contribution is -2.26.